The van der Waals surface area contributed by atoms with Crippen LogP contribution in [0.4, 0.5) is 0 Å². The SMILES string of the molecule is C=CCN(CC(=O)N1CCN(C2CCS(=O)(=O)C2)CC1)Cc1cccs1. The summed E-state index contributed by atoms with van der Waals surface area (Å²) in [4.78, 5) is 20.2. The number of hydrogen-bond acceptors (Lipinski definition) is 6. The molecule has 26 heavy (non-hydrogen) atoms. The summed E-state index contributed by atoms with van der Waals surface area (Å²) >= 11 is 1.70. The zero-order chi connectivity index (χ0) is 18.6. The van der Waals surface area contributed by atoms with Crippen molar-refractivity contribution in [1.82, 2.24) is 14.7 Å². The average molecular weight is 398 g/mol. The highest BCUT2D eigenvalue weighted by Crippen LogP contribution is 2.19. The molecule has 2 fully saturated rings. The predicted molar refractivity (Wildman–Crippen MR) is 105 cm³/mol. The van der Waals surface area contributed by atoms with Gasteiger partial charge >= 0.3 is 0 Å². The van der Waals surface area contributed by atoms with E-state index >= 15 is 0 Å². The van der Waals surface area contributed by atoms with Gasteiger partial charge in [0.2, 0.25) is 5.91 Å². The molecule has 144 valence electrons. The van der Waals surface area contributed by atoms with Gasteiger partial charge in [-0.25, -0.2) is 8.42 Å². The lowest BCUT2D eigenvalue weighted by atomic mass is 10.2. The minimum absolute atomic E-state index is 0.133. The van der Waals surface area contributed by atoms with Crippen molar-refractivity contribution in [2.75, 3.05) is 50.8 Å². The van der Waals surface area contributed by atoms with Crippen molar-refractivity contribution in [3.8, 4) is 0 Å². The molecule has 2 saturated heterocycles. The second kappa shape index (κ2) is 8.65. The van der Waals surface area contributed by atoms with E-state index in [1.54, 1.807) is 11.3 Å². The Hall–Kier alpha value is -1.22. The van der Waals surface area contributed by atoms with Gasteiger partial charge in [0, 0.05) is 50.2 Å². The molecule has 3 rings (SSSR count). The van der Waals surface area contributed by atoms with Crippen LogP contribution in [0.25, 0.3) is 0 Å². The van der Waals surface area contributed by atoms with Crippen LogP contribution in [0.1, 0.15) is 11.3 Å². The Balaban J connectivity index is 1.48. The molecule has 1 atom stereocenters. The third kappa shape index (κ3) is 5.16. The third-order valence-electron chi connectivity index (χ3n) is 5.10. The maximum Gasteiger partial charge on any atom is 0.236 e. The first-order chi connectivity index (χ1) is 12.5. The number of amides is 1. The summed E-state index contributed by atoms with van der Waals surface area (Å²) in [6, 6.07) is 4.24. The van der Waals surface area contributed by atoms with Crippen LogP contribution in [0.5, 0.6) is 0 Å². The molecule has 0 saturated carbocycles. The molecule has 2 aliphatic rings. The summed E-state index contributed by atoms with van der Waals surface area (Å²) in [5.41, 5.74) is 0. The van der Waals surface area contributed by atoms with E-state index in [9.17, 15) is 13.2 Å². The van der Waals surface area contributed by atoms with Crippen molar-refractivity contribution in [2.45, 2.75) is 19.0 Å². The third-order valence-corrected chi connectivity index (χ3v) is 7.71. The number of hydrogen-bond donors (Lipinski definition) is 0. The molecular weight excluding hydrogens is 370 g/mol. The Bertz CT molecular complexity index is 710. The molecular formula is C18H27N3O3S2. The van der Waals surface area contributed by atoms with E-state index in [0.717, 1.165) is 26.1 Å². The van der Waals surface area contributed by atoms with Crippen molar-refractivity contribution in [1.29, 1.82) is 0 Å². The average Bonchev–Trinajstić information content (AvgIpc) is 3.24. The van der Waals surface area contributed by atoms with E-state index in [2.05, 4.69) is 22.4 Å². The number of sulfone groups is 1. The van der Waals surface area contributed by atoms with E-state index in [1.807, 2.05) is 22.4 Å². The van der Waals surface area contributed by atoms with Gasteiger partial charge in [0.05, 0.1) is 18.1 Å². The van der Waals surface area contributed by atoms with Crippen molar-refractivity contribution in [3.63, 3.8) is 0 Å². The predicted octanol–water partition coefficient (Wildman–Crippen LogP) is 1.07. The molecule has 0 aromatic carbocycles. The minimum atomic E-state index is -2.86. The van der Waals surface area contributed by atoms with Crippen LogP contribution in [0.2, 0.25) is 0 Å². The first-order valence-electron chi connectivity index (χ1n) is 9.05. The molecule has 6 nitrogen and oxygen atoms in total. The van der Waals surface area contributed by atoms with E-state index in [1.165, 1.54) is 4.88 Å². The molecule has 1 unspecified atom stereocenters. The molecule has 1 aromatic rings. The molecule has 8 heteroatoms. The highest BCUT2D eigenvalue weighted by atomic mass is 32.2. The number of rotatable bonds is 7. The molecule has 3 heterocycles. The molecule has 0 radical (unpaired) electrons. The fourth-order valence-corrected chi connectivity index (χ4v) is 6.19. The first-order valence-corrected chi connectivity index (χ1v) is 11.7. The number of carbonyl (C=O) groups excluding carboxylic acids is 1. The van der Waals surface area contributed by atoms with Gasteiger partial charge in [-0.2, -0.15) is 0 Å². The Morgan fingerprint density at radius 1 is 1.35 bits per heavy atom. The van der Waals surface area contributed by atoms with E-state index in [0.29, 0.717) is 31.9 Å². The Kier molecular flexibility index (Phi) is 6.50. The van der Waals surface area contributed by atoms with Crippen molar-refractivity contribution in [2.24, 2.45) is 0 Å². The number of nitrogens with zero attached hydrogens (tertiary/aromatic N) is 3. The molecule has 1 amide bonds. The lowest BCUT2D eigenvalue weighted by Crippen LogP contribution is -2.53. The first kappa shape index (κ1) is 19.5. The van der Waals surface area contributed by atoms with Crippen molar-refractivity contribution < 1.29 is 13.2 Å². The minimum Gasteiger partial charge on any atom is -0.339 e. The molecule has 0 aliphatic carbocycles. The van der Waals surface area contributed by atoms with Gasteiger partial charge in [-0.3, -0.25) is 14.6 Å². The topological polar surface area (TPSA) is 60.9 Å². The highest BCUT2D eigenvalue weighted by Gasteiger charge is 2.34. The van der Waals surface area contributed by atoms with Crippen LogP contribution in [-0.4, -0.2) is 85.8 Å². The molecule has 0 spiro atoms. The summed E-state index contributed by atoms with van der Waals surface area (Å²) < 4.78 is 23.3. The van der Waals surface area contributed by atoms with Gasteiger partial charge in [-0.15, -0.1) is 17.9 Å². The van der Waals surface area contributed by atoms with Gasteiger partial charge in [-0.05, 0) is 17.9 Å². The monoisotopic (exact) mass is 397 g/mol. The van der Waals surface area contributed by atoms with Crippen LogP contribution in [0, 0.1) is 0 Å². The Morgan fingerprint density at radius 3 is 2.69 bits per heavy atom. The largest absolute Gasteiger partial charge is 0.339 e. The Labute approximate surface area is 160 Å². The number of thiophene rings is 1. The van der Waals surface area contributed by atoms with Gasteiger partial charge in [0.15, 0.2) is 9.84 Å². The highest BCUT2D eigenvalue weighted by molar-refractivity contribution is 7.91. The zero-order valence-electron chi connectivity index (χ0n) is 15.0. The number of piperazine rings is 1. The zero-order valence-corrected chi connectivity index (χ0v) is 16.7. The fraction of sp³-hybridized carbons (Fsp3) is 0.611. The molecule has 0 bridgehead atoms. The molecule has 2 aliphatic heterocycles. The van der Waals surface area contributed by atoms with E-state index < -0.39 is 9.84 Å². The summed E-state index contributed by atoms with van der Waals surface area (Å²) in [5, 5.41) is 2.05. The second-order valence-corrected chi connectivity index (χ2v) is 10.3. The van der Waals surface area contributed by atoms with E-state index in [4.69, 9.17) is 0 Å². The van der Waals surface area contributed by atoms with Gasteiger partial charge in [-0.1, -0.05) is 12.1 Å². The van der Waals surface area contributed by atoms with Gasteiger partial charge in [0.1, 0.15) is 0 Å². The summed E-state index contributed by atoms with van der Waals surface area (Å²) in [6.07, 6.45) is 2.56. The smallest absolute Gasteiger partial charge is 0.236 e. The standard InChI is InChI=1S/C18H27N3O3S2/c1-2-6-19(13-17-4-3-11-25-17)14-18(22)21-9-7-20(8-10-21)16-5-12-26(23,24)15-16/h2-4,11,16H,1,5-10,12-15H2. The molecule has 1 aromatic heterocycles. The van der Waals surface area contributed by atoms with Crippen molar-refractivity contribution >= 4 is 27.1 Å². The van der Waals surface area contributed by atoms with E-state index in [-0.39, 0.29) is 17.7 Å². The maximum atomic E-state index is 12.7. The normalized spacial score (nSPS) is 23.4. The summed E-state index contributed by atoms with van der Waals surface area (Å²) in [5.74, 6) is 0.715. The fourth-order valence-electron chi connectivity index (χ4n) is 3.68. The second-order valence-electron chi connectivity index (χ2n) is 7.01. The van der Waals surface area contributed by atoms with Crippen molar-refractivity contribution in [3.05, 3.63) is 35.0 Å². The summed E-state index contributed by atoms with van der Waals surface area (Å²) in [6.45, 7) is 8.51. The van der Waals surface area contributed by atoms with Crippen LogP contribution >= 0.6 is 11.3 Å². The lowest BCUT2D eigenvalue weighted by Gasteiger charge is -2.38. The quantitative estimate of drug-likeness (QED) is 0.644. The van der Waals surface area contributed by atoms with Gasteiger partial charge in [0.25, 0.3) is 0 Å². The van der Waals surface area contributed by atoms with Crippen LogP contribution in [-0.2, 0) is 21.2 Å². The van der Waals surface area contributed by atoms with Crippen LogP contribution in [0.3, 0.4) is 0 Å². The maximum absolute atomic E-state index is 12.7. The lowest BCUT2D eigenvalue weighted by molar-refractivity contribution is -0.134. The number of carbonyl (C=O) groups is 1. The summed E-state index contributed by atoms with van der Waals surface area (Å²) in [7, 11) is -2.86. The Morgan fingerprint density at radius 2 is 2.12 bits per heavy atom. The van der Waals surface area contributed by atoms with Crippen LogP contribution < -0.4 is 0 Å². The van der Waals surface area contributed by atoms with Crippen LogP contribution in [0.15, 0.2) is 30.2 Å². The van der Waals surface area contributed by atoms with Gasteiger partial charge < -0.3 is 4.90 Å². The molecule has 0 N–H and O–H groups in total.